The van der Waals surface area contributed by atoms with Crippen LogP contribution in [0, 0.1) is 11.8 Å². The predicted octanol–water partition coefficient (Wildman–Crippen LogP) is 3.85. The molecule has 1 aromatic carbocycles. The minimum absolute atomic E-state index is 0. The Balaban J connectivity index is 0.00000300. The highest BCUT2D eigenvalue weighted by molar-refractivity contribution is 14.0. The van der Waals surface area contributed by atoms with Crippen LogP contribution >= 0.6 is 35.6 Å². The Labute approximate surface area is 198 Å². The molecule has 2 aliphatic rings. The Bertz CT molecular complexity index is 656. The van der Waals surface area contributed by atoms with Crippen LogP contribution in [-0.2, 0) is 0 Å². The maximum atomic E-state index is 6.27. The normalized spacial score (nSPS) is 26.6. The molecule has 164 valence electrons. The highest BCUT2D eigenvalue weighted by Crippen LogP contribution is 2.35. The third kappa shape index (κ3) is 7.26. The van der Waals surface area contributed by atoms with Crippen molar-refractivity contribution in [2.75, 3.05) is 53.9 Å². The van der Waals surface area contributed by atoms with Gasteiger partial charge in [0.25, 0.3) is 0 Å². The molecule has 0 radical (unpaired) electrons. The zero-order valence-corrected chi connectivity index (χ0v) is 21.1. The van der Waals surface area contributed by atoms with E-state index in [1.165, 1.54) is 44.3 Å². The summed E-state index contributed by atoms with van der Waals surface area (Å²) in [5, 5.41) is 7.96. The highest BCUT2D eigenvalue weighted by atomic mass is 127. The summed E-state index contributed by atoms with van der Waals surface area (Å²) in [7, 11) is 6.31. The minimum atomic E-state index is 0. The van der Waals surface area contributed by atoms with E-state index in [0.29, 0.717) is 17.9 Å². The lowest BCUT2D eigenvalue weighted by Gasteiger charge is -2.40. The summed E-state index contributed by atoms with van der Waals surface area (Å²) in [6, 6.07) is 8.73. The van der Waals surface area contributed by atoms with Crippen molar-refractivity contribution < 1.29 is 0 Å². The molecule has 0 spiro atoms. The van der Waals surface area contributed by atoms with Gasteiger partial charge in [0.1, 0.15) is 0 Å². The number of rotatable bonds is 5. The fourth-order valence-electron chi connectivity index (χ4n) is 4.82. The van der Waals surface area contributed by atoms with Gasteiger partial charge in [-0.2, -0.15) is 0 Å². The molecular formula is C22H37ClIN5. The zero-order valence-electron chi connectivity index (χ0n) is 18.0. The maximum absolute atomic E-state index is 6.27. The van der Waals surface area contributed by atoms with Crippen LogP contribution in [0.15, 0.2) is 29.3 Å². The third-order valence-electron chi connectivity index (χ3n) is 6.23. The predicted molar refractivity (Wildman–Crippen MR) is 135 cm³/mol. The fourth-order valence-corrected chi connectivity index (χ4v) is 5.02. The van der Waals surface area contributed by atoms with Gasteiger partial charge in [-0.3, -0.25) is 9.89 Å². The van der Waals surface area contributed by atoms with E-state index in [1.54, 1.807) is 0 Å². The summed E-state index contributed by atoms with van der Waals surface area (Å²) in [5.74, 6) is 2.17. The number of halogens is 2. The standard InChI is InChI=1S/C22H36ClN5.HI/c1-24-22(25-14-17-7-5-11-27(2)16-17)26-15-19-9-6-12-28(3)21(19)18-8-4-10-20(23)13-18;/h4,8,10,13,17,19,21H,5-7,9,11-12,14-16H2,1-3H3,(H2,24,25,26);1H. The monoisotopic (exact) mass is 533 g/mol. The number of nitrogens with one attached hydrogen (secondary N) is 2. The quantitative estimate of drug-likeness (QED) is 0.343. The lowest BCUT2D eigenvalue weighted by molar-refractivity contribution is 0.122. The van der Waals surface area contributed by atoms with E-state index in [2.05, 4.69) is 57.7 Å². The molecule has 3 atom stereocenters. The second kappa shape index (κ2) is 12.3. The molecule has 2 aliphatic heterocycles. The van der Waals surface area contributed by atoms with Gasteiger partial charge in [-0.15, -0.1) is 24.0 Å². The van der Waals surface area contributed by atoms with Crippen LogP contribution in [-0.4, -0.2) is 69.6 Å². The van der Waals surface area contributed by atoms with Crippen molar-refractivity contribution in [2.24, 2.45) is 16.8 Å². The molecule has 2 N–H and O–H groups in total. The van der Waals surface area contributed by atoms with Crippen LogP contribution in [0.3, 0.4) is 0 Å². The lowest BCUT2D eigenvalue weighted by Crippen LogP contribution is -2.47. The summed E-state index contributed by atoms with van der Waals surface area (Å²) in [6.07, 6.45) is 5.06. The van der Waals surface area contributed by atoms with Gasteiger partial charge in [0, 0.05) is 37.7 Å². The molecule has 1 aromatic rings. The van der Waals surface area contributed by atoms with Crippen molar-refractivity contribution in [1.82, 2.24) is 20.4 Å². The SMILES string of the molecule is CN=C(NCC1CCCN(C)C1)NCC1CCCN(C)C1c1cccc(Cl)c1.I. The lowest BCUT2D eigenvalue weighted by atomic mass is 9.85. The van der Waals surface area contributed by atoms with Gasteiger partial charge in [-0.1, -0.05) is 23.7 Å². The molecule has 3 rings (SSSR count). The third-order valence-corrected chi connectivity index (χ3v) is 6.47. The van der Waals surface area contributed by atoms with E-state index >= 15 is 0 Å². The van der Waals surface area contributed by atoms with Gasteiger partial charge >= 0.3 is 0 Å². The van der Waals surface area contributed by atoms with Crippen LogP contribution in [0.5, 0.6) is 0 Å². The molecule has 3 unspecified atom stereocenters. The first-order valence-corrected chi connectivity index (χ1v) is 11.0. The summed E-state index contributed by atoms with van der Waals surface area (Å²) >= 11 is 6.27. The molecule has 0 aromatic heterocycles. The summed E-state index contributed by atoms with van der Waals surface area (Å²) < 4.78 is 0. The Kier molecular flexibility index (Phi) is 10.5. The molecule has 0 aliphatic carbocycles. The summed E-state index contributed by atoms with van der Waals surface area (Å²) in [4.78, 5) is 9.35. The first-order chi connectivity index (χ1) is 13.6. The zero-order chi connectivity index (χ0) is 19.9. The van der Waals surface area contributed by atoms with Crippen LogP contribution in [0.4, 0.5) is 0 Å². The topological polar surface area (TPSA) is 42.9 Å². The Morgan fingerprint density at radius 1 is 1.14 bits per heavy atom. The number of benzene rings is 1. The average molecular weight is 534 g/mol. The van der Waals surface area contributed by atoms with Crippen molar-refractivity contribution in [2.45, 2.75) is 31.7 Å². The Morgan fingerprint density at radius 3 is 2.62 bits per heavy atom. The molecule has 0 bridgehead atoms. The number of likely N-dealkylation sites (tertiary alicyclic amines) is 2. The number of aliphatic imine (C=N–C) groups is 1. The van der Waals surface area contributed by atoms with E-state index < -0.39 is 0 Å². The number of piperidine rings is 2. The maximum Gasteiger partial charge on any atom is 0.190 e. The molecule has 5 nitrogen and oxygen atoms in total. The molecule has 29 heavy (non-hydrogen) atoms. The van der Waals surface area contributed by atoms with Gasteiger partial charge in [-0.05, 0) is 82.4 Å². The van der Waals surface area contributed by atoms with Crippen molar-refractivity contribution in [1.29, 1.82) is 0 Å². The Hall–Kier alpha value is -0.570. The molecule has 2 fully saturated rings. The highest BCUT2D eigenvalue weighted by Gasteiger charge is 2.30. The van der Waals surface area contributed by atoms with E-state index in [9.17, 15) is 0 Å². The van der Waals surface area contributed by atoms with Crippen LogP contribution in [0.2, 0.25) is 5.02 Å². The molecule has 0 saturated carbocycles. The Morgan fingerprint density at radius 2 is 1.90 bits per heavy atom. The number of hydrogen-bond donors (Lipinski definition) is 2. The number of nitrogens with zero attached hydrogens (tertiary/aromatic N) is 3. The van der Waals surface area contributed by atoms with Crippen molar-refractivity contribution >= 4 is 41.5 Å². The first-order valence-electron chi connectivity index (χ1n) is 10.7. The van der Waals surface area contributed by atoms with Crippen molar-refractivity contribution in [3.8, 4) is 0 Å². The smallest absolute Gasteiger partial charge is 0.190 e. The molecule has 0 amide bonds. The van der Waals surface area contributed by atoms with Gasteiger partial charge in [0.2, 0.25) is 0 Å². The van der Waals surface area contributed by atoms with Gasteiger partial charge in [0.15, 0.2) is 5.96 Å². The second-order valence-corrected chi connectivity index (χ2v) is 8.92. The summed E-state index contributed by atoms with van der Waals surface area (Å²) in [6.45, 7) is 5.45. The average Bonchev–Trinajstić information content (AvgIpc) is 2.68. The second-order valence-electron chi connectivity index (χ2n) is 8.49. The molecular weight excluding hydrogens is 497 g/mol. The van der Waals surface area contributed by atoms with Crippen molar-refractivity contribution in [3.63, 3.8) is 0 Å². The summed E-state index contributed by atoms with van der Waals surface area (Å²) in [5.41, 5.74) is 1.31. The van der Waals surface area contributed by atoms with Crippen LogP contribution in [0.1, 0.15) is 37.3 Å². The minimum Gasteiger partial charge on any atom is -0.356 e. The van der Waals surface area contributed by atoms with E-state index in [0.717, 1.165) is 30.6 Å². The van der Waals surface area contributed by atoms with Gasteiger partial charge < -0.3 is 15.5 Å². The van der Waals surface area contributed by atoms with Crippen LogP contribution in [0.25, 0.3) is 0 Å². The number of guanidine groups is 1. The first kappa shape index (κ1) is 24.7. The molecule has 7 heteroatoms. The van der Waals surface area contributed by atoms with E-state index in [-0.39, 0.29) is 24.0 Å². The number of hydrogen-bond acceptors (Lipinski definition) is 3. The van der Waals surface area contributed by atoms with Gasteiger partial charge in [0.05, 0.1) is 0 Å². The van der Waals surface area contributed by atoms with E-state index in [1.807, 2.05) is 13.1 Å². The molecule has 2 saturated heterocycles. The van der Waals surface area contributed by atoms with Gasteiger partial charge in [-0.25, -0.2) is 0 Å². The van der Waals surface area contributed by atoms with Crippen LogP contribution < -0.4 is 10.6 Å². The molecule has 2 heterocycles. The fraction of sp³-hybridized carbons (Fsp3) is 0.682. The van der Waals surface area contributed by atoms with Crippen molar-refractivity contribution in [3.05, 3.63) is 34.9 Å². The van der Waals surface area contributed by atoms with E-state index in [4.69, 9.17) is 11.6 Å². The largest absolute Gasteiger partial charge is 0.356 e.